The van der Waals surface area contributed by atoms with Crippen LogP contribution in [-0.4, -0.2) is 40.9 Å². The average Bonchev–Trinajstić information content (AvgIpc) is 3.02. The number of hydrogen-bond acceptors (Lipinski definition) is 8. The quantitative estimate of drug-likeness (QED) is 0.0930. The lowest BCUT2D eigenvalue weighted by Crippen LogP contribution is -2.11. The Morgan fingerprint density at radius 2 is 0.438 bits per heavy atom. The van der Waals surface area contributed by atoms with Crippen molar-refractivity contribution >= 4 is 0 Å². The third kappa shape index (κ3) is 6.28. The van der Waals surface area contributed by atoms with Gasteiger partial charge in [0.25, 0.3) is 0 Å². The largest absolute Gasteiger partial charge is 0.508 e. The van der Waals surface area contributed by atoms with Crippen LogP contribution in [0.4, 0.5) is 0 Å². The van der Waals surface area contributed by atoms with Crippen LogP contribution in [0.15, 0.2) is 48.5 Å². The molecule has 1 aliphatic rings. The van der Waals surface area contributed by atoms with E-state index < -0.39 is 23.7 Å². The summed E-state index contributed by atoms with van der Waals surface area (Å²) in [5.74, 6) is -3.32. The van der Waals surface area contributed by atoms with Crippen LogP contribution in [0.5, 0.6) is 46.0 Å². The van der Waals surface area contributed by atoms with E-state index in [0.717, 1.165) is 0 Å². The lowest BCUT2D eigenvalue weighted by Gasteiger charge is -2.29. The van der Waals surface area contributed by atoms with Gasteiger partial charge in [-0.15, -0.1) is 0 Å². The van der Waals surface area contributed by atoms with Crippen molar-refractivity contribution in [2.24, 2.45) is 0 Å². The molecule has 0 unspecified atom stereocenters. The van der Waals surface area contributed by atoms with Crippen LogP contribution in [0.3, 0.4) is 0 Å². The van der Waals surface area contributed by atoms with Gasteiger partial charge in [0.15, 0.2) is 0 Å². The van der Waals surface area contributed by atoms with Gasteiger partial charge < -0.3 is 40.9 Å². The second-order valence-corrected chi connectivity index (χ2v) is 13.2. The summed E-state index contributed by atoms with van der Waals surface area (Å²) in [5.41, 5.74) is 3.84. The highest BCUT2D eigenvalue weighted by atomic mass is 16.3. The third-order valence-corrected chi connectivity index (χ3v) is 10.0. The number of phenols is 8. The van der Waals surface area contributed by atoms with Gasteiger partial charge in [-0.2, -0.15) is 0 Å². The molecule has 8 nitrogen and oxygen atoms in total. The molecule has 0 fully saturated rings. The summed E-state index contributed by atoms with van der Waals surface area (Å²) in [6, 6.07) is 12.2. The van der Waals surface area contributed by atoms with Crippen molar-refractivity contribution < 1.29 is 40.9 Å². The molecule has 0 atom stereocenters. The number of rotatable bonds is 8. The van der Waals surface area contributed by atoms with Gasteiger partial charge in [-0.05, 0) is 49.9 Å². The molecule has 48 heavy (non-hydrogen) atoms. The highest BCUT2D eigenvalue weighted by molar-refractivity contribution is 5.62. The van der Waals surface area contributed by atoms with Gasteiger partial charge >= 0.3 is 0 Å². The molecular weight excluding hydrogens is 608 g/mol. The number of hydrogen-bond donors (Lipinski definition) is 8. The van der Waals surface area contributed by atoms with Gasteiger partial charge in [-0.1, -0.05) is 53.4 Å². The fourth-order valence-electron chi connectivity index (χ4n) is 7.75. The van der Waals surface area contributed by atoms with Crippen LogP contribution >= 0.6 is 0 Å². The van der Waals surface area contributed by atoms with E-state index in [1.54, 1.807) is 24.3 Å². The van der Waals surface area contributed by atoms with Crippen molar-refractivity contribution in [3.8, 4) is 46.0 Å². The maximum atomic E-state index is 11.3. The molecule has 4 aromatic carbocycles. The van der Waals surface area contributed by atoms with Crippen LogP contribution in [0, 0.1) is 0 Å². The molecule has 0 aromatic heterocycles. The zero-order chi connectivity index (χ0) is 34.9. The highest BCUT2D eigenvalue weighted by Crippen LogP contribution is 2.52. The summed E-state index contributed by atoms with van der Waals surface area (Å²) in [6.45, 7) is 7.98. The zero-order valence-corrected chi connectivity index (χ0v) is 28.2. The minimum atomic E-state index is -0.534. The van der Waals surface area contributed by atoms with Crippen molar-refractivity contribution in [1.82, 2.24) is 0 Å². The van der Waals surface area contributed by atoms with E-state index >= 15 is 0 Å². The Morgan fingerprint density at radius 1 is 0.292 bits per heavy atom. The molecule has 0 amide bonds. The fourth-order valence-corrected chi connectivity index (χ4v) is 7.75. The van der Waals surface area contributed by atoms with Gasteiger partial charge in [0.05, 0.1) is 0 Å². The molecule has 0 spiro atoms. The van der Waals surface area contributed by atoms with E-state index in [-0.39, 0.29) is 46.0 Å². The Morgan fingerprint density at radius 3 is 0.562 bits per heavy atom. The summed E-state index contributed by atoms with van der Waals surface area (Å²) in [6.07, 6.45) is 4.85. The van der Waals surface area contributed by atoms with E-state index in [2.05, 4.69) is 0 Å². The minimum Gasteiger partial charge on any atom is -0.508 e. The van der Waals surface area contributed by atoms with Crippen LogP contribution in [0.25, 0.3) is 0 Å². The predicted octanol–water partition coefficient (Wildman–Crippen LogP) is 9.37. The standard InChI is InChI=1S/C40H48O8/c1-5-9-21-25-13-27(35(43)17-33(25)41)22(10-6-2)29-15-31(39(47)19-37(29)45)24(12-8-4)32-16-30(38(46)20-40(32)48)23(11-7-3)28-14-26(21)34(42)18-36(28)44/h13-24,41-48H,5-12H2,1-4H3. The molecule has 8 bridgehead atoms. The van der Waals surface area contributed by atoms with Crippen LogP contribution in [0.2, 0.25) is 0 Å². The molecule has 256 valence electrons. The summed E-state index contributed by atoms with van der Waals surface area (Å²) in [5, 5.41) is 90.5. The van der Waals surface area contributed by atoms with Crippen molar-refractivity contribution in [2.75, 3.05) is 0 Å². The van der Waals surface area contributed by atoms with E-state index in [9.17, 15) is 40.9 Å². The summed E-state index contributed by atoms with van der Waals surface area (Å²) in [7, 11) is 0. The SMILES string of the molecule is CCCC1c2cc(c(O)cc2O)C(CCC)c2cc(c(O)cc2O)C(CCC)c2cc(c(O)cc2O)C(CCC)c2cc1c(O)cc2O. The van der Waals surface area contributed by atoms with E-state index in [1.807, 2.05) is 27.7 Å². The van der Waals surface area contributed by atoms with Crippen molar-refractivity contribution in [3.05, 3.63) is 93.0 Å². The van der Waals surface area contributed by atoms with Crippen molar-refractivity contribution in [3.63, 3.8) is 0 Å². The zero-order valence-electron chi connectivity index (χ0n) is 28.2. The Labute approximate surface area is 282 Å². The first-order valence-electron chi connectivity index (χ1n) is 17.2. The normalized spacial score (nSPS) is 18.9. The molecular formula is C40H48O8. The molecule has 8 heteroatoms. The minimum absolute atomic E-state index is 0.148. The number of phenolic OH excluding ortho intramolecular Hbond substituents is 8. The first-order chi connectivity index (χ1) is 22.9. The monoisotopic (exact) mass is 656 g/mol. The Balaban J connectivity index is 1.96. The predicted molar refractivity (Wildman–Crippen MR) is 186 cm³/mol. The molecule has 0 saturated carbocycles. The maximum absolute atomic E-state index is 11.3. The average molecular weight is 657 g/mol. The highest BCUT2D eigenvalue weighted by Gasteiger charge is 2.32. The molecule has 8 N–H and O–H groups in total. The summed E-state index contributed by atoms with van der Waals surface area (Å²) < 4.78 is 0. The van der Waals surface area contributed by atoms with Gasteiger partial charge in [-0.3, -0.25) is 0 Å². The Kier molecular flexibility index (Phi) is 10.2. The van der Waals surface area contributed by atoms with Gasteiger partial charge in [-0.25, -0.2) is 0 Å². The van der Waals surface area contributed by atoms with E-state index in [4.69, 9.17) is 0 Å². The molecule has 0 radical (unpaired) electrons. The molecule has 0 aliphatic heterocycles. The van der Waals surface area contributed by atoms with Crippen LogP contribution in [-0.2, 0) is 0 Å². The number of benzene rings is 4. The molecule has 0 heterocycles. The Hall–Kier alpha value is -4.72. The lowest BCUT2D eigenvalue weighted by molar-refractivity contribution is 0.422. The Bertz CT molecular complexity index is 1430. The first-order valence-corrected chi connectivity index (χ1v) is 17.2. The maximum Gasteiger partial charge on any atom is 0.123 e. The third-order valence-electron chi connectivity index (χ3n) is 10.0. The second-order valence-electron chi connectivity index (χ2n) is 13.2. The summed E-state index contributed by atoms with van der Waals surface area (Å²) in [4.78, 5) is 0. The van der Waals surface area contributed by atoms with Crippen LogP contribution in [0.1, 0.15) is 147 Å². The number of fused-ring (bicyclic) bond motifs is 8. The van der Waals surface area contributed by atoms with Gasteiger partial charge in [0.2, 0.25) is 0 Å². The van der Waals surface area contributed by atoms with Crippen LogP contribution < -0.4 is 0 Å². The molecule has 0 saturated heterocycles. The molecule has 1 aliphatic carbocycles. The molecule has 4 aromatic rings. The topological polar surface area (TPSA) is 162 Å². The smallest absolute Gasteiger partial charge is 0.123 e. The van der Waals surface area contributed by atoms with Crippen molar-refractivity contribution in [1.29, 1.82) is 0 Å². The van der Waals surface area contributed by atoms with Crippen molar-refractivity contribution in [2.45, 2.75) is 103 Å². The van der Waals surface area contributed by atoms with E-state index in [1.165, 1.54) is 24.3 Å². The van der Waals surface area contributed by atoms with Gasteiger partial charge in [0.1, 0.15) is 46.0 Å². The number of aromatic hydroxyl groups is 8. The second kappa shape index (κ2) is 14.2. The fraction of sp³-hybridized carbons (Fsp3) is 0.400. The van der Waals surface area contributed by atoms with E-state index in [0.29, 0.717) is 95.9 Å². The van der Waals surface area contributed by atoms with Gasteiger partial charge in [0, 0.05) is 92.4 Å². The summed E-state index contributed by atoms with van der Waals surface area (Å²) >= 11 is 0. The first kappa shape index (κ1) is 34.6. The molecule has 5 rings (SSSR count). The lowest BCUT2D eigenvalue weighted by atomic mass is 9.77.